The number of anilines is 1. The van der Waals surface area contributed by atoms with Crippen LogP contribution in [0.15, 0.2) is 35.2 Å². The van der Waals surface area contributed by atoms with Crippen LogP contribution in [0.4, 0.5) is 5.69 Å². The molecule has 0 saturated carbocycles. The fourth-order valence-electron chi connectivity index (χ4n) is 4.27. The second-order valence-electron chi connectivity index (χ2n) is 7.19. The molecule has 5 nitrogen and oxygen atoms in total. The molecule has 0 radical (unpaired) electrons. The second kappa shape index (κ2) is 7.00. The Balaban J connectivity index is 1.61. The smallest absolute Gasteiger partial charge is 0.239 e. The second-order valence-corrected chi connectivity index (χ2v) is 9.15. The van der Waals surface area contributed by atoms with Crippen LogP contribution >= 0.6 is 0 Å². The molecular formula is C21H23NO4S. The first-order chi connectivity index (χ1) is 13.0. The van der Waals surface area contributed by atoms with Gasteiger partial charge in [0.2, 0.25) is 5.91 Å². The molecule has 2 aromatic carbocycles. The van der Waals surface area contributed by atoms with Gasteiger partial charge in [-0.25, -0.2) is 8.42 Å². The van der Waals surface area contributed by atoms with Crippen LogP contribution in [0, 0.1) is 0 Å². The SMILES string of the molecule is COc1ccccc1S(=O)(=O)CC(=O)Nc1c2c(cc3c1CCC3)CCC2. The number of nitrogens with one attached hydrogen (secondary N) is 1. The van der Waals surface area contributed by atoms with Crippen molar-refractivity contribution in [3.05, 3.63) is 52.6 Å². The summed E-state index contributed by atoms with van der Waals surface area (Å²) in [7, 11) is -2.37. The molecule has 0 fully saturated rings. The van der Waals surface area contributed by atoms with Gasteiger partial charge in [-0.05, 0) is 72.9 Å². The number of sulfone groups is 1. The van der Waals surface area contributed by atoms with Crippen molar-refractivity contribution in [2.75, 3.05) is 18.2 Å². The molecule has 0 spiro atoms. The molecule has 2 aromatic rings. The number of rotatable bonds is 5. The highest BCUT2D eigenvalue weighted by Gasteiger charge is 2.27. The average molecular weight is 385 g/mol. The number of ether oxygens (including phenoxy) is 1. The largest absolute Gasteiger partial charge is 0.495 e. The normalized spacial score (nSPS) is 15.3. The predicted molar refractivity (Wildman–Crippen MR) is 104 cm³/mol. The summed E-state index contributed by atoms with van der Waals surface area (Å²) >= 11 is 0. The number of methoxy groups -OCH3 is 1. The molecule has 1 N–H and O–H groups in total. The fraction of sp³-hybridized carbons (Fsp3) is 0.381. The molecule has 142 valence electrons. The van der Waals surface area contributed by atoms with E-state index in [-0.39, 0.29) is 10.6 Å². The fourth-order valence-corrected chi connectivity index (χ4v) is 5.59. The van der Waals surface area contributed by atoms with E-state index in [2.05, 4.69) is 11.4 Å². The minimum absolute atomic E-state index is 0.0474. The van der Waals surface area contributed by atoms with Gasteiger partial charge in [0, 0.05) is 5.69 Å². The summed E-state index contributed by atoms with van der Waals surface area (Å²) in [5.41, 5.74) is 5.87. The van der Waals surface area contributed by atoms with E-state index in [1.54, 1.807) is 18.2 Å². The van der Waals surface area contributed by atoms with Crippen LogP contribution in [0.3, 0.4) is 0 Å². The van der Waals surface area contributed by atoms with Gasteiger partial charge in [-0.3, -0.25) is 4.79 Å². The monoisotopic (exact) mass is 385 g/mol. The van der Waals surface area contributed by atoms with E-state index < -0.39 is 21.5 Å². The summed E-state index contributed by atoms with van der Waals surface area (Å²) in [6.45, 7) is 0. The van der Waals surface area contributed by atoms with Crippen molar-refractivity contribution in [3.8, 4) is 5.75 Å². The van der Waals surface area contributed by atoms with Crippen molar-refractivity contribution in [2.45, 2.75) is 43.4 Å². The Bertz CT molecular complexity index is 979. The number of hydrogen-bond donors (Lipinski definition) is 1. The van der Waals surface area contributed by atoms with Crippen molar-refractivity contribution >= 4 is 21.4 Å². The average Bonchev–Trinajstić information content (AvgIpc) is 3.30. The quantitative estimate of drug-likeness (QED) is 0.858. The van der Waals surface area contributed by atoms with E-state index in [1.165, 1.54) is 35.4 Å². The van der Waals surface area contributed by atoms with Crippen LogP contribution in [-0.2, 0) is 40.3 Å². The first-order valence-corrected chi connectivity index (χ1v) is 11.0. The van der Waals surface area contributed by atoms with E-state index in [0.29, 0.717) is 0 Å². The molecule has 4 rings (SSSR count). The van der Waals surface area contributed by atoms with Gasteiger partial charge in [-0.15, -0.1) is 0 Å². The maximum Gasteiger partial charge on any atom is 0.239 e. The molecule has 0 aliphatic heterocycles. The minimum Gasteiger partial charge on any atom is -0.495 e. The van der Waals surface area contributed by atoms with Gasteiger partial charge in [0.15, 0.2) is 9.84 Å². The van der Waals surface area contributed by atoms with Crippen LogP contribution < -0.4 is 10.1 Å². The highest BCUT2D eigenvalue weighted by atomic mass is 32.2. The molecule has 0 aromatic heterocycles. The van der Waals surface area contributed by atoms with Crippen LogP contribution in [0.5, 0.6) is 5.75 Å². The zero-order valence-corrected chi connectivity index (χ0v) is 16.2. The molecular weight excluding hydrogens is 362 g/mol. The number of fused-ring (bicyclic) bond motifs is 2. The van der Waals surface area contributed by atoms with E-state index in [0.717, 1.165) is 44.2 Å². The number of para-hydroxylation sites is 1. The molecule has 2 aliphatic carbocycles. The summed E-state index contributed by atoms with van der Waals surface area (Å²) in [4.78, 5) is 12.7. The van der Waals surface area contributed by atoms with E-state index >= 15 is 0 Å². The number of carbonyl (C=O) groups is 1. The van der Waals surface area contributed by atoms with Gasteiger partial charge >= 0.3 is 0 Å². The Morgan fingerprint density at radius 3 is 2.30 bits per heavy atom. The van der Waals surface area contributed by atoms with Gasteiger partial charge in [-0.2, -0.15) is 0 Å². The number of carbonyl (C=O) groups excluding carboxylic acids is 1. The third kappa shape index (κ3) is 3.34. The Morgan fingerprint density at radius 2 is 1.67 bits per heavy atom. The van der Waals surface area contributed by atoms with Crippen LogP contribution in [0.1, 0.15) is 35.1 Å². The lowest BCUT2D eigenvalue weighted by Crippen LogP contribution is -2.24. The lowest BCUT2D eigenvalue weighted by molar-refractivity contribution is -0.113. The van der Waals surface area contributed by atoms with Gasteiger partial charge < -0.3 is 10.1 Å². The van der Waals surface area contributed by atoms with Gasteiger partial charge in [0.25, 0.3) is 0 Å². The Kier molecular flexibility index (Phi) is 4.68. The summed E-state index contributed by atoms with van der Waals surface area (Å²) < 4.78 is 30.6. The maximum atomic E-state index is 12.7. The van der Waals surface area contributed by atoms with Crippen LogP contribution in [0.2, 0.25) is 0 Å². The third-order valence-corrected chi connectivity index (χ3v) is 7.11. The molecule has 1 amide bonds. The van der Waals surface area contributed by atoms with Crippen molar-refractivity contribution in [3.63, 3.8) is 0 Å². The van der Waals surface area contributed by atoms with E-state index in [1.807, 2.05) is 0 Å². The molecule has 2 aliphatic rings. The molecule has 0 unspecified atom stereocenters. The third-order valence-electron chi connectivity index (χ3n) is 5.46. The van der Waals surface area contributed by atoms with Crippen molar-refractivity contribution < 1.29 is 17.9 Å². The zero-order chi connectivity index (χ0) is 19.0. The molecule has 6 heteroatoms. The number of benzene rings is 2. The van der Waals surface area contributed by atoms with E-state index in [9.17, 15) is 13.2 Å². The molecule has 0 atom stereocenters. The van der Waals surface area contributed by atoms with Crippen LogP contribution in [0.25, 0.3) is 0 Å². The predicted octanol–water partition coefficient (Wildman–Crippen LogP) is 3.09. The lowest BCUT2D eigenvalue weighted by atomic mass is 9.98. The zero-order valence-electron chi connectivity index (χ0n) is 15.4. The summed E-state index contributed by atoms with van der Waals surface area (Å²) in [5, 5.41) is 2.95. The highest BCUT2D eigenvalue weighted by Crippen LogP contribution is 2.38. The first kappa shape index (κ1) is 18.0. The first-order valence-electron chi connectivity index (χ1n) is 9.32. The standard InChI is InChI=1S/C21H23NO4S/c1-26-18-10-2-3-11-19(18)27(24,25)13-20(23)22-21-16-8-4-6-14(16)12-15-7-5-9-17(15)21/h2-3,10-12H,4-9,13H2,1H3,(H,22,23). The minimum atomic E-state index is -3.79. The molecule has 0 bridgehead atoms. The molecule has 0 heterocycles. The van der Waals surface area contributed by atoms with Gasteiger partial charge in [0.05, 0.1) is 7.11 Å². The van der Waals surface area contributed by atoms with Crippen LogP contribution in [-0.4, -0.2) is 27.2 Å². The Hall–Kier alpha value is -2.34. The number of aryl methyl sites for hydroxylation is 2. The van der Waals surface area contributed by atoms with Crippen molar-refractivity contribution in [1.29, 1.82) is 0 Å². The van der Waals surface area contributed by atoms with Gasteiger partial charge in [0.1, 0.15) is 16.4 Å². The topological polar surface area (TPSA) is 72.5 Å². The maximum absolute atomic E-state index is 12.7. The van der Waals surface area contributed by atoms with Gasteiger partial charge in [-0.1, -0.05) is 18.2 Å². The summed E-state index contributed by atoms with van der Waals surface area (Å²) in [6, 6.07) is 8.67. The highest BCUT2D eigenvalue weighted by molar-refractivity contribution is 7.92. The number of hydrogen-bond acceptors (Lipinski definition) is 4. The summed E-state index contributed by atoms with van der Waals surface area (Å²) in [5.74, 6) is -0.826. The summed E-state index contributed by atoms with van der Waals surface area (Å²) in [6.07, 6.45) is 6.12. The Labute approximate surface area is 159 Å². The molecule has 27 heavy (non-hydrogen) atoms. The van der Waals surface area contributed by atoms with E-state index in [4.69, 9.17) is 4.74 Å². The van der Waals surface area contributed by atoms with Crippen molar-refractivity contribution in [1.82, 2.24) is 0 Å². The lowest BCUT2D eigenvalue weighted by Gasteiger charge is -2.16. The van der Waals surface area contributed by atoms with Crippen molar-refractivity contribution in [2.24, 2.45) is 0 Å². The Morgan fingerprint density at radius 1 is 1.04 bits per heavy atom. The number of amides is 1. The molecule has 0 saturated heterocycles.